The minimum atomic E-state index is 0.921. The molecular formula is CHNO2S. The molecule has 1 aliphatic heterocycles. The van der Waals surface area contributed by atoms with Gasteiger partial charge < -0.3 is 4.89 Å². The van der Waals surface area contributed by atoms with Crippen molar-refractivity contribution in [3.05, 3.63) is 0 Å². The highest BCUT2D eigenvalue weighted by Gasteiger charge is 1.88. The molecular weight excluding hydrogens is 90.1 g/mol. The monoisotopic (exact) mass is 91.0 g/mol. The van der Waals surface area contributed by atoms with E-state index < -0.39 is 0 Å². The van der Waals surface area contributed by atoms with Crippen LogP contribution in [0.1, 0.15) is 0 Å². The SMILES string of the molecule is C1=NSOO1. The van der Waals surface area contributed by atoms with Crippen LogP contribution in [0.25, 0.3) is 0 Å². The van der Waals surface area contributed by atoms with E-state index in [-0.39, 0.29) is 0 Å². The molecule has 0 amide bonds. The van der Waals surface area contributed by atoms with E-state index in [9.17, 15) is 0 Å². The second-order valence-corrected chi connectivity index (χ2v) is 0.946. The molecule has 0 saturated carbocycles. The van der Waals surface area contributed by atoms with Crippen LogP contribution in [0.15, 0.2) is 4.40 Å². The fourth-order valence-corrected chi connectivity index (χ4v) is 0.264. The van der Waals surface area contributed by atoms with E-state index in [0.717, 1.165) is 12.2 Å². The van der Waals surface area contributed by atoms with Gasteiger partial charge in [-0.1, -0.05) is 4.33 Å². The van der Waals surface area contributed by atoms with E-state index in [0.29, 0.717) is 0 Å². The van der Waals surface area contributed by atoms with Crippen molar-refractivity contribution in [3.63, 3.8) is 0 Å². The Balaban J connectivity index is 2.32. The molecule has 0 atom stereocenters. The minimum absolute atomic E-state index is 0.921. The third-order valence-corrected chi connectivity index (χ3v) is 0.510. The maximum absolute atomic E-state index is 4.14. The van der Waals surface area contributed by atoms with Crippen molar-refractivity contribution in [2.45, 2.75) is 0 Å². The summed E-state index contributed by atoms with van der Waals surface area (Å²) in [4.78, 5) is 4.12. The summed E-state index contributed by atoms with van der Waals surface area (Å²) in [7, 11) is 0. The second-order valence-electron chi connectivity index (χ2n) is 0.450. The molecule has 0 radical (unpaired) electrons. The average Bonchev–Trinajstić information content (AvgIpc) is 1.76. The fourth-order valence-electron chi connectivity index (χ4n) is 0.0878. The minimum Gasteiger partial charge on any atom is -0.310 e. The van der Waals surface area contributed by atoms with E-state index in [1.165, 1.54) is 6.40 Å². The zero-order chi connectivity index (χ0) is 3.54. The average molecular weight is 91.1 g/mol. The first-order valence-corrected chi connectivity index (χ1v) is 1.71. The van der Waals surface area contributed by atoms with E-state index in [4.69, 9.17) is 0 Å². The van der Waals surface area contributed by atoms with E-state index in [1.54, 1.807) is 0 Å². The van der Waals surface area contributed by atoms with Gasteiger partial charge in [-0.2, -0.15) is 4.40 Å². The van der Waals surface area contributed by atoms with Gasteiger partial charge in [0, 0.05) is 0 Å². The van der Waals surface area contributed by atoms with Crippen molar-refractivity contribution in [2.75, 3.05) is 0 Å². The van der Waals surface area contributed by atoms with Gasteiger partial charge in [0.15, 0.2) is 12.2 Å². The quantitative estimate of drug-likeness (QED) is 0.247. The van der Waals surface area contributed by atoms with Gasteiger partial charge >= 0.3 is 0 Å². The van der Waals surface area contributed by atoms with Gasteiger partial charge in [0.05, 0.1) is 0 Å². The summed E-state index contributed by atoms with van der Waals surface area (Å²) in [5, 5.41) is 0. The molecule has 1 rings (SSSR count). The molecule has 5 heavy (non-hydrogen) atoms. The molecule has 0 aromatic rings. The van der Waals surface area contributed by atoms with Crippen LogP contribution in [0, 0.1) is 0 Å². The van der Waals surface area contributed by atoms with Gasteiger partial charge in [-0.3, -0.25) is 0 Å². The lowest BCUT2D eigenvalue weighted by Gasteiger charge is -1.73. The van der Waals surface area contributed by atoms with Crippen LogP contribution >= 0.6 is 12.2 Å². The Hall–Kier alpha value is -0.220. The van der Waals surface area contributed by atoms with Crippen LogP contribution in [0.3, 0.4) is 0 Å². The third-order valence-electron chi connectivity index (χ3n) is 0.199. The van der Waals surface area contributed by atoms with Crippen molar-refractivity contribution in [3.8, 4) is 0 Å². The summed E-state index contributed by atoms with van der Waals surface area (Å²) in [6.07, 6.45) is 1.23. The summed E-state index contributed by atoms with van der Waals surface area (Å²) in [6, 6.07) is 0. The number of hydrogen-bond acceptors (Lipinski definition) is 4. The molecule has 28 valence electrons. The standard InChI is InChI=1S/CHNO2S/c1-2-5-4-3-1/h1H. The predicted molar refractivity (Wildman–Crippen MR) is 18.3 cm³/mol. The van der Waals surface area contributed by atoms with Gasteiger partial charge in [-0.15, -0.1) is 0 Å². The smallest absolute Gasteiger partial charge is 0.229 e. The first-order chi connectivity index (χ1) is 2.50. The van der Waals surface area contributed by atoms with E-state index >= 15 is 0 Å². The van der Waals surface area contributed by atoms with Crippen molar-refractivity contribution >= 4 is 18.6 Å². The largest absolute Gasteiger partial charge is 0.310 e. The van der Waals surface area contributed by atoms with Gasteiger partial charge in [0.2, 0.25) is 6.40 Å². The first-order valence-electron chi connectivity index (χ1n) is 1.01. The van der Waals surface area contributed by atoms with Gasteiger partial charge in [0.1, 0.15) is 0 Å². The van der Waals surface area contributed by atoms with Crippen molar-refractivity contribution < 1.29 is 9.22 Å². The molecule has 0 fully saturated rings. The molecule has 1 heterocycles. The van der Waals surface area contributed by atoms with Crippen LogP contribution < -0.4 is 0 Å². The maximum atomic E-state index is 4.14. The molecule has 0 spiro atoms. The maximum Gasteiger partial charge on any atom is 0.229 e. The number of hydrogen-bond donors (Lipinski definition) is 0. The number of nitrogens with zero attached hydrogens (tertiary/aromatic N) is 1. The summed E-state index contributed by atoms with van der Waals surface area (Å²) in [5.41, 5.74) is 0. The van der Waals surface area contributed by atoms with Crippen molar-refractivity contribution in [2.24, 2.45) is 4.40 Å². The van der Waals surface area contributed by atoms with Gasteiger partial charge in [0.25, 0.3) is 0 Å². The third kappa shape index (κ3) is 0.524. The highest BCUT2D eigenvalue weighted by molar-refractivity contribution is 7.93. The summed E-state index contributed by atoms with van der Waals surface area (Å²) < 4.78 is 7.57. The lowest BCUT2D eigenvalue weighted by atomic mass is 11.6. The summed E-state index contributed by atoms with van der Waals surface area (Å²) in [6.45, 7) is 0. The van der Waals surface area contributed by atoms with E-state index in [1.807, 2.05) is 0 Å². The Morgan fingerprint density at radius 2 is 2.80 bits per heavy atom. The molecule has 0 aromatic heterocycles. The summed E-state index contributed by atoms with van der Waals surface area (Å²) in [5.74, 6) is 0. The Labute approximate surface area is 33.3 Å². The zero-order valence-corrected chi connectivity index (χ0v) is 3.07. The van der Waals surface area contributed by atoms with Crippen LogP contribution in [0.4, 0.5) is 0 Å². The highest BCUT2D eigenvalue weighted by atomic mass is 32.2. The number of rotatable bonds is 0. The topological polar surface area (TPSA) is 30.8 Å². The summed E-state index contributed by atoms with van der Waals surface area (Å²) >= 11 is 0.921. The highest BCUT2D eigenvalue weighted by Crippen LogP contribution is 2.07. The van der Waals surface area contributed by atoms with E-state index in [2.05, 4.69) is 13.6 Å². The van der Waals surface area contributed by atoms with Gasteiger partial charge in [-0.25, -0.2) is 0 Å². The van der Waals surface area contributed by atoms with Crippen LogP contribution in [0.5, 0.6) is 0 Å². The fraction of sp³-hybridized carbons (Fsp3) is 0. The molecule has 3 nitrogen and oxygen atoms in total. The Morgan fingerprint density at radius 1 is 1.80 bits per heavy atom. The molecule has 0 aliphatic carbocycles. The normalized spacial score (nSPS) is 19.2. The lowest BCUT2D eigenvalue weighted by Crippen LogP contribution is -1.67. The van der Waals surface area contributed by atoms with Crippen molar-refractivity contribution in [1.82, 2.24) is 0 Å². The second kappa shape index (κ2) is 1.28. The van der Waals surface area contributed by atoms with Crippen LogP contribution in [-0.4, -0.2) is 6.40 Å². The molecule has 0 aromatic carbocycles. The Bertz CT molecular complexity index is 47.6. The Morgan fingerprint density at radius 3 is 3.00 bits per heavy atom. The van der Waals surface area contributed by atoms with Crippen LogP contribution in [-0.2, 0) is 9.22 Å². The van der Waals surface area contributed by atoms with Gasteiger partial charge in [-0.05, 0) is 0 Å². The molecule has 1 aliphatic rings. The lowest BCUT2D eigenvalue weighted by molar-refractivity contribution is -0.0788. The van der Waals surface area contributed by atoms with Crippen molar-refractivity contribution in [1.29, 1.82) is 0 Å². The molecule has 0 unspecified atom stereocenters. The zero-order valence-electron chi connectivity index (χ0n) is 2.25. The predicted octanol–water partition coefficient (Wildman–Crippen LogP) is 0.540. The Kier molecular flexibility index (Phi) is 0.764. The van der Waals surface area contributed by atoms with Crippen LogP contribution in [0.2, 0.25) is 0 Å². The first kappa shape index (κ1) is 2.99. The molecule has 0 saturated heterocycles. The molecule has 0 N–H and O–H groups in total. The molecule has 0 bridgehead atoms. The molecule has 4 heteroatoms.